The monoisotopic (exact) mass is 357 g/mol. The second kappa shape index (κ2) is 5.31. The van der Waals surface area contributed by atoms with Gasteiger partial charge in [-0.1, -0.05) is 28.1 Å². The number of rotatable bonds is 2. The summed E-state index contributed by atoms with van der Waals surface area (Å²) in [6.07, 6.45) is 3.67. The summed E-state index contributed by atoms with van der Waals surface area (Å²) in [4.78, 5) is 4.12. The van der Waals surface area contributed by atoms with Gasteiger partial charge in [-0.05, 0) is 29.8 Å². The molecule has 3 heterocycles. The number of nitrogens with zero attached hydrogens (tertiary/aromatic N) is 3. The first-order valence-corrected chi connectivity index (χ1v) is 8.51. The normalized spacial score (nSPS) is 13.4. The third-order valence-corrected chi connectivity index (χ3v) is 5.08. The summed E-state index contributed by atoms with van der Waals surface area (Å²) < 4.78 is 3.19. The molecule has 104 valence electrons. The Morgan fingerprint density at radius 1 is 1.10 bits per heavy atom. The molecule has 3 aromatic rings. The molecular weight excluding hydrogens is 346 g/mol. The minimum absolute atomic E-state index is 0.978. The average molecular weight is 358 g/mol. The summed E-state index contributed by atoms with van der Waals surface area (Å²) >= 11 is 5.42. The van der Waals surface area contributed by atoms with Gasteiger partial charge in [0.1, 0.15) is 10.7 Å². The average Bonchev–Trinajstić information content (AvgIpc) is 3.08. The lowest BCUT2D eigenvalue weighted by atomic mass is 10.0. The van der Waals surface area contributed by atoms with Crippen molar-refractivity contribution >= 4 is 27.7 Å². The van der Waals surface area contributed by atoms with Crippen molar-refractivity contribution in [2.45, 2.75) is 11.6 Å². The number of fused-ring (bicyclic) bond motifs is 1. The van der Waals surface area contributed by atoms with Crippen LogP contribution in [0.4, 0.5) is 0 Å². The van der Waals surface area contributed by atoms with E-state index >= 15 is 0 Å². The van der Waals surface area contributed by atoms with E-state index in [0.29, 0.717) is 0 Å². The van der Waals surface area contributed by atoms with Crippen LogP contribution in [-0.4, -0.2) is 20.5 Å². The second-order valence-corrected chi connectivity index (χ2v) is 6.85. The van der Waals surface area contributed by atoms with E-state index in [1.54, 1.807) is 0 Å². The van der Waals surface area contributed by atoms with Crippen molar-refractivity contribution in [1.82, 2.24) is 14.8 Å². The van der Waals surface area contributed by atoms with Crippen molar-refractivity contribution in [1.29, 1.82) is 0 Å². The minimum atomic E-state index is 0.978. The zero-order valence-electron chi connectivity index (χ0n) is 11.2. The molecule has 0 saturated heterocycles. The lowest BCUT2D eigenvalue weighted by Gasteiger charge is -2.05. The van der Waals surface area contributed by atoms with E-state index in [9.17, 15) is 0 Å². The summed E-state index contributed by atoms with van der Waals surface area (Å²) in [7, 11) is 0. The van der Waals surface area contributed by atoms with Gasteiger partial charge in [-0.15, -0.1) is 11.8 Å². The van der Waals surface area contributed by atoms with Gasteiger partial charge in [-0.25, -0.2) is 0 Å². The number of hydrogen-bond donors (Lipinski definition) is 0. The third kappa shape index (κ3) is 2.30. The molecule has 3 nitrogen and oxygen atoms in total. The van der Waals surface area contributed by atoms with E-state index in [2.05, 4.69) is 49.9 Å². The molecule has 1 aromatic carbocycles. The predicted molar refractivity (Wildman–Crippen MR) is 89.3 cm³/mol. The predicted octanol–water partition coefficient (Wildman–Crippen LogP) is 4.48. The molecule has 0 radical (unpaired) electrons. The van der Waals surface area contributed by atoms with Gasteiger partial charge in [0.2, 0.25) is 0 Å². The fraction of sp³-hybridized carbons (Fsp3) is 0.125. The molecule has 0 aliphatic carbocycles. The van der Waals surface area contributed by atoms with E-state index in [4.69, 9.17) is 5.10 Å². The van der Waals surface area contributed by atoms with Crippen LogP contribution in [0, 0.1) is 0 Å². The minimum Gasteiger partial charge on any atom is -0.265 e. The molecule has 4 rings (SSSR count). The highest BCUT2D eigenvalue weighted by Crippen LogP contribution is 2.42. The maximum absolute atomic E-state index is 4.83. The topological polar surface area (TPSA) is 30.7 Å². The van der Waals surface area contributed by atoms with Crippen LogP contribution in [0.5, 0.6) is 0 Å². The highest BCUT2D eigenvalue weighted by atomic mass is 79.9. The van der Waals surface area contributed by atoms with E-state index in [-0.39, 0.29) is 0 Å². The summed E-state index contributed by atoms with van der Waals surface area (Å²) in [6.45, 7) is 0.978. The zero-order valence-corrected chi connectivity index (χ0v) is 13.6. The fourth-order valence-corrected chi connectivity index (χ4v) is 4.09. The van der Waals surface area contributed by atoms with Gasteiger partial charge in [0, 0.05) is 33.7 Å². The van der Waals surface area contributed by atoms with Crippen LogP contribution in [0.3, 0.4) is 0 Å². The number of pyridine rings is 1. The lowest BCUT2D eigenvalue weighted by Crippen LogP contribution is -1.95. The lowest BCUT2D eigenvalue weighted by molar-refractivity contribution is 0.636. The molecule has 0 amide bonds. The van der Waals surface area contributed by atoms with Crippen LogP contribution in [0.15, 0.2) is 58.3 Å². The van der Waals surface area contributed by atoms with Gasteiger partial charge in [0.25, 0.3) is 0 Å². The molecule has 0 bridgehead atoms. The highest BCUT2D eigenvalue weighted by molar-refractivity contribution is 9.10. The molecule has 0 fully saturated rings. The molecule has 0 spiro atoms. The SMILES string of the molecule is Brc1cccc(-c2nn3c(c2-c2ccncc2)SCC3)c1. The smallest absolute Gasteiger partial charge is 0.103 e. The van der Waals surface area contributed by atoms with Gasteiger partial charge in [0.15, 0.2) is 0 Å². The van der Waals surface area contributed by atoms with Crippen molar-refractivity contribution in [3.05, 3.63) is 53.3 Å². The van der Waals surface area contributed by atoms with Crippen LogP contribution < -0.4 is 0 Å². The second-order valence-electron chi connectivity index (χ2n) is 4.85. The van der Waals surface area contributed by atoms with Gasteiger partial charge in [0.05, 0.1) is 6.54 Å². The quantitative estimate of drug-likeness (QED) is 0.677. The van der Waals surface area contributed by atoms with Crippen LogP contribution in [0.25, 0.3) is 22.4 Å². The number of thioether (sulfide) groups is 1. The van der Waals surface area contributed by atoms with Gasteiger partial charge in [-0.3, -0.25) is 9.67 Å². The summed E-state index contributed by atoms with van der Waals surface area (Å²) in [5.41, 5.74) is 4.58. The van der Waals surface area contributed by atoms with Gasteiger partial charge < -0.3 is 0 Å². The van der Waals surface area contributed by atoms with Crippen molar-refractivity contribution in [2.75, 3.05) is 5.75 Å². The summed E-state index contributed by atoms with van der Waals surface area (Å²) in [5.74, 6) is 1.10. The van der Waals surface area contributed by atoms with E-state index in [1.807, 2.05) is 36.3 Å². The van der Waals surface area contributed by atoms with Crippen LogP contribution in [0.2, 0.25) is 0 Å². The summed E-state index contributed by atoms with van der Waals surface area (Å²) in [6, 6.07) is 12.4. The maximum Gasteiger partial charge on any atom is 0.103 e. The van der Waals surface area contributed by atoms with E-state index in [0.717, 1.165) is 28.0 Å². The molecule has 1 aliphatic heterocycles. The van der Waals surface area contributed by atoms with E-state index in [1.165, 1.54) is 16.2 Å². The third-order valence-electron chi connectivity index (χ3n) is 3.51. The first kappa shape index (κ1) is 13.1. The maximum atomic E-state index is 4.83. The molecular formula is C16H12BrN3S. The number of hydrogen-bond acceptors (Lipinski definition) is 3. The number of aryl methyl sites for hydroxylation is 1. The van der Waals surface area contributed by atoms with Crippen LogP contribution in [-0.2, 0) is 6.54 Å². The van der Waals surface area contributed by atoms with Crippen molar-refractivity contribution in [3.8, 4) is 22.4 Å². The first-order valence-electron chi connectivity index (χ1n) is 6.73. The summed E-state index contributed by atoms with van der Waals surface area (Å²) in [5, 5.41) is 6.09. The Hall–Kier alpha value is -1.59. The van der Waals surface area contributed by atoms with Crippen LogP contribution >= 0.6 is 27.7 Å². The van der Waals surface area contributed by atoms with Crippen molar-refractivity contribution < 1.29 is 0 Å². The molecule has 5 heteroatoms. The standard InChI is InChI=1S/C16H12BrN3S/c17-13-3-1-2-12(10-13)15-14(11-4-6-18-7-5-11)16-20(19-15)8-9-21-16/h1-7,10H,8-9H2. The van der Waals surface area contributed by atoms with Crippen molar-refractivity contribution in [2.24, 2.45) is 0 Å². The molecule has 0 saturated carbocycles. The Labute approximate surface area is 135 Å². The van der Waals surface area contributed by atoms with E-state index < -0.39 is 0 Å². The fourth-order valence-electron chi connectivity index (χ4n) is 2.59. The molecule has 1 aliphatic rings. The van der Waals surface area contributed by atoms with Crippen molar-refractivity contribution in [3.63, 3.8) is 0 Å². The Balaban J connectivity index is 1.96. The van der Waals surface area contributed by atoms with Gasteiger partial charge in [-0.2, -0.15) is 5.10 Å². The van der Waals surface area contributed by atoms with Gasteiger partial charge >= 0.3 is 0 Å². The number of aromatic nitrogens is 3. The number of halogens is 1. The Kier molecular flexibility index (Phi) is 3.31. The molecule has 0 unspecified atom stereocenters. The molecule has 21 heavy (non-hydrogen) atoms. The number of benzene rings is 1. The Morgan fingerprint density at radius 3 is 2.76 bits per heavy atom. The Bertz CT molecular complexity index is 799. The highest BCUT2D eigenvalue weighted by Gasteiger charge is 2.24. The van der Waals surface area contributed by atoms with Crippen LogP contribution in [0.1, 0.15) is 0 Å². The first-order chi connectivity index (χ1) is 10.3. The molecule has 0 N–H and O–H groups in total. The largest absolute Gasteiger partial charge is 0.265 e. The molecule has 2 aromatic heterocycles. The zero-order chi connectivity index (χ0) is 14.2. The molecule has 0 atom stereocenters. The Morgan fingerprint density at radius 2 is 1.95 bits per heavy atom.